The van der Waals surface area contributed by atoms with Crippen LogP contribution in [0.15, 0.2) is 18.2 Å². The number of hydrogen-bond acceptors (Lipinski definition) is 6. The van der Waals surface area contributed by atoms with Gasteiger partial charge in [-0.25, -0.2) is 0 Å². The molecule has 1 heterocycles. The Kier molecular flexibility index (Phi) is 6.46. The normalized spacial score (nSPS) is 16.1. The molecule has 1 amide bonds. The summed E-state index contributed by atoms with van der Waals surface area (Å²) in [6, 6.07) is 3.66. The number of nitro groups is 1. The van der Waals surface area contributed by atoms with Gasteiger partial charge in [0, 0.05) is 12.1 Å². The van der Waals surface area contributed by atoms with Gasteiger partial charge in [-0.3, -0.25) is 24.6 Å². The van der Waals surface area contributed by atoms with Gasteiger partial charge in [0.05, 0.1) is 24.1 Å². The highest BCUT2D eigenvalue weighted by atomic mass is 16.6. The van der Waals surface area contributed by atoms with Crippen LogP contribution in [0.3, 0.4) is 0 Å². The molecule has 1 fully saturated rings. The van der Waals surface area contributed by atoms with E-state index in [1.807, 2.05) is 4.90 Å². The summed E-state index contributed by atoms with van der Waals surface area (Å²) < 4.78 is 4.71. The van der Waals surface area contributed by atoms with E-state index in [0.717, 1.165) is 37.9 Å². The van der Waals surface area contributed by atoms with Gasteiger partial charge >= 0.3 is 5.97 Å². The molecule has 1 aliphatic rings. The van der Waals surface area contributed by atoms with E-state index in [1.165, 1.54) is 19.2 Å². The van der Waals surface area contributed by atoms with Gasteiger partial charge in [0.2, 0.25) is 5.91 Å². The first kappa shape index (κ1) is 18.9. The quantitative estimate of drug-likeness (QED) is 0.480. The second kappa shape index (κ2) is 8.57. The Morgan fingerprint density at radius 3 is 2.60 bits per heavy atom. The molecule has 0 aromatic heterocycles. The summed E-state index contributed by atoms with van der Waals surface area (Å²) in [4.78, 5) is 36.9. The highest BCUT2D eigenvalue weighted by Crippen LogP contribution is 2.23. The van der Waals surface area contributed by atoms with Crippen molar-refractivity contribution in [3.63, 3.8) is 0 Å². The molecule has 1 atom stereocenters. The fourth-order valence-electron chi connectivity index (χ4n) is 2.93. The van der Waals surface area contributed by atoms with E-state index in [0.29, 0.717) is 5.69 Å². The summed E-state index contributed by atoms with van der Waals surface area (Å²) in [5.41, 5.74) is 1.00. The van der Waals surface area contributed by atoms with Crippen LogP contribution in [0.2, 0.25) is 0 Å². The van der Waals surface area contributed by atoms with Gasteiger partial charge in [-0.15, -0.1) is 0 Å². The summed E-state index contributed by atoms with van der Waals surface area (Å²) in [7, 11) is 1.29. The number of likely N-dealkylation sites (tertiary alicyclic amines) is 1. The number of nitrogens with one attached hydrogen (secondary N) is 1. The molecule has 0 spiro atoms. The van der Waals surface area contributed by atoms with E-state index in [4.69, 9.17) is 4.74 Å². The number of nitrogens with zero attached hydrogens (tertiary/aromatic N) is 2. The molecule has 8 nitrogen and oxygen atoms in total. The Bertz CT molecular complexity index is 656. The van der Waals surface area contributed by atoms with Gasteiger partial charge in [0.15, 0.2) is 0 Å². The first-order chi connectivity index (χ1) is 11.9. The predicted octanol–water partition coefficient (Wildman–Crippen LogP) is 2.26. The fraction of sp³-hybridized carbons (Fsp3) is 0.529. The molecule has 136 valence electrons. The number of carbonyl (C=O) groups is 2. The summed E-state index contributed by atoms with van der Waals surface area (Å²) >= 11 is 0. The van der Waals surface area contributed by atoms with Crippen molar-refractivity contribution in [3.05, 3.63) is 33.9 Å². The SMILES string of the molecule is COC(=O)CC(C(=O)Nc1cc([N+](=O)[O-])ccc1C)N1CCCCC1. The molecule has 8 heteroatoms. The minimum atomic E-state index is -0.647. The third-order valence-electron chi connectivity index (χ3n) is 4.41. The van der Waals surface area contributed by atoms with Gasteiger partial charge in [0.1, 0.15) is 6.04 Å². The third kappa shape index (κ3) is 4.99. The number of piperidine rings is 1. The van der Waals surface area contributed by atoms with Crippen molar-refractivity contribution in [2.45, 2.75) is 38.6 Å². The average Bonchev–Trinajstić information content (AvgIpc) is 2.61. The number of methoxy groups -OCH3 is 1. The van der Waals surface area contributed by atoms with Gasteiger partial charge < -0.3 is 10.1 Å². The number of benzene rings is 1. The maximum Gasteiger partial charge on any atom is 0.307 e. The van der Waals surface area contributed by atoms with Gasteiger partial charge in [-0.2, -0.15) is 0 Å². The highest BCUT2D eigenvalue weighted by Gasteiger charge is 2.30. The van der Waals surface area contributed by atoms with Gasteiger partial charge in [-0.05, 0) is 38.4 Å². The number of esters is 1. The van der Waals surface area contributed by atoms with Crippen LogP contribution in [0, 0.1) is 17.0 Å². The maximum atomic E-state index is 12.8. The number of rotatable bonds is 6. The lowest BCUT2D eigenvalue weighted by atomic mass is 10.0. The van der Waals surface area contributed by atoms with E-state index in [1.54, 1.807) is 13.0 Å². The molecule has 0 saturated carbocycles. The number of amides is 1. The Labute approximate surface area is 146 Å². The number of nitro benzene ring substituents is 1. The van der Waals surface area contributed by atoms with Crippen molar-refractivity contribution in [3.8, 4) is 0 Å². The molecule has 0 radical (unpaired) electrons. The Hall–Kier alpha value is -2.48. The smallest absolute Gasteiger partial charge is 0.307 e. The number of ether oxygens (including phenoxy) is 1. The van der Waals surface area contributed by atoms with E-state index >= 15 is 0 Å². The van der Waals surface area contributed by atoms with Crippen molar-refractivity contribution < 1.29 is 19.2 Å². The second-order valence-corrected chi connectivity index (χ2v) is 6.14. The maximum absolute atomic E-state index is 12.8. The first-order valence-corrected chi connectivity index (χ1v) is 8.29. The van der Waals surface area contributed by atoms with Crippen LogP contribution < -0.4 is 5.32 Å². The van der Waals surface area contributed by atoms with E-state index in [-0.39, 0.29) is 18.0 Å². The van der Waals surface area contributed by atoms with Crippen molar-refractivity contribution in [1.29, 1.82) is 0 Å². The molecule has 1 aromatic carbocycles. The Balaban J connectivity index is 2.19. The third-order valence-corrected chi connectivity index (χ3v) is 4.41. The van der Waals surface area contributed by atoms with Crippen LogP contribution in [0.1, 0.15) is 31.2 Å². The van der Waals surface area contributed by atoms with Crippen LogP contribution in [-0.2, 0) is 14.3 Å². The number of carbonyl (C=O) groups excluding carboxylic acids is 2. The monoisotopic (exact) mass is 349 g/mol. The molecule has 25 heavy (non-hydrogen) atoms. The van der Waals surface area contributed by atoms with Crippen LogP contribution in [-0.4, -0.2) is 47.9 Å². The topological polar surface area (TPSA) is 102 Å². The van der Waals surface area contributed by atoms with Gasteiger partial charge in [-0.1, -0.05) is 12.5 Å². The molecule has 1 unspecified atom stereocenters. The lowest BCUT2D eigenvalue weighted by Gasteiger charge is -2.33. The second-order valence-electron chi connectivity index (χ2n) is 6.14. The van der Waals surface area contributed by atoms with Crippen molar-refractivity contribution in [2.75, 3.05) is 25.5 Å². The van der Waals surface area contributed by atoms with E-state index in [2.05, 4.69) is 5.32 Å². The number of hydrogen-bond donors (Lipinski definition) is 1. The molecular formula is C17H23N3O5. The molecule has 2 rings (SSSR count). The molecule has 0 bridgehead atoms. The average molecular weight is 349 g/mol. The lowest BCUT2D eigenvalue weighted by molar-refractivity contribution is -0.384. The predicted molar refractivity (Wildman–Crippen MR) is 92.3 cm³/mol. The molecular weight excluding hydrogens is 326 g/mol. The molecule has 0 aliphatic carbocycles. The lowest BCUT2D eigenvalue weighted by Crippen LogP contribution is -2.47. The fourth-order valence-corrected chi connectivity index (χ4v) is 2.93. The van der Waals surface area contributed by atoms with Crippen LogP contribution in [0.5, 0.6) is 0 Å². The van der Waals surface area contributed by atoms with Crippen molar-refractivity contribution in [2.24, 2.45) is 0 Å². The van der Waals surface area contributed by atoms with E-state index in [9.17, 15) is 19.7 Å². The molecule has 1 saturated heterocycles. The Morgan fingerprint density at radius 2 is 2.00 bits per heavy atom. The minimum Gasteiger partial charge on any atom is -0.469 e. The summed E-state index contributed by atoms with van der Waals surface area (Å²) in [6.45, 7) is 3.24. The summed E-state index contributed by atoms with van der Waals surface area (Å²) in [5, 5.41) is 13.7. The number of non-ortho nitro benzene ring substituents is 1. The molecule has 1 aromatic rings. The minimum absolute atomic E-state index is 0.0453. The molecule has 1 N–H and O–H groups in total. The highest BCUT2D eigenvalue weighted by molar-refractivity contribution is 5.97. The van der Waals surface area contributed by atoms with Crippen LogP contribution in [0.25, 0.3) is 0 Å². The summed E-state index contributed by atoms with van der Waals surface area (Å²) in [5.74, 6) is -0.808. The Morgan fingerprint density at radius 1 is 1.32 bits per heavy atom. The summed E-state index contributed by atoms with van der Waals surface area (Å²) in [6.07, 6.45) is 3.00. The largest absolute Gasteiger partial charge is 0.469 e. The first-order valence-electron chi connectivity index (χ1n) is 8.29. The zero-order valence-electron chi connectivity index (χ0n) is 14.5. The standard InChI is InChI=1S/C17H23N3O5/c1-12-6-7-13(20(23)24)10-14(12)18-17(22)15(11-16(21)25-2)19-8-4-3-5-9-19/h6-7,10,15H,3-5,8-9,11H2,1-2H3,(H,18,22). The zero-order chi connectivity index (χ0) is 18.4. The van der Waals surface area contributed by atoms with Crippen LogP contribution in [0.4, 0.5) is 11.4 Å². The van der Waals surface area contributed by atoms with Crippen molar-refractivity contribution in [1.82, 2.24) is 4.90 Å². The molecule has 1 aliphatic heterocycles. The zero-order valence-corrected chi connectivity index (χ0v) is 14.5. The number of anilines is 1. The van der Waals surface area contributed by atoms with Gasteiger partial charge in [0.25, 0.3) is 5.69 Å². The van der Waals surface area contributed by atoms with Crippen LogP contribution >= 0.6 is 0 Å². The number of aryl methyl sites for hydroxylation is 1. The van der Waals surface area contributed by atoms with Crippen molar-refractivity contribution >= 4 is 23.3 Å². The van der Waals surface area contributed by atoms with E-state index < -0.39 is 16.9 Å².